The fraction of sp³-hybridized carbons (Fsp3) is 0.500. The van der Waals surface area contributed by atoms with Gasteiger partial charge in [-0.2, -0.15) is 0 Å². The van der Waals surface area contributed by atoms with Gasteiger partial charge in [0, 0.05) is 14.1 Å². The molecule has 0 saturated carbocycles. The number of hydrogen-bond acceptors (Lipinski definition) is 4. The van der Waals surface area contributed by atoms with Gasteiger partial charge in [-0.05, 0) is 0 Å². The summed E-state index contributed by atoms with van der Waals surface area (Å²) in [5.74, 6) is -2.34. The zero-order chi connectivity index (χ0) is 10.9. The van der Waals surface area contributed by atoms with Gasteiger partial charge < -0.3 is 0 Å². The first-order valence-electron chi connectivity index (χ1n) is 4.02. The van der Waals surface area contributed by atoms with Gasteiger partial charge in [0.15, 0.2) is 0 Å². The van der Waals surface area contributed by atoms with Gasteiger partial charge in [0.1, 0.15) is 12.8 Å². The summed E-state index contributed by atoms with van der Waals surface area (Å²) in [4.78, 5) is 46.4. The lowest BCUT2D eigenvalue weighted by atomic mass is 10.2. The molecule has 0 radical (unpaired) electrons. The molecule has 0 bridgehead atoms. The second kappa shape index (κ2) is 3.57. The molecule has 0 unspecified atom stereocenters. The minimum atomic E-state index is -0.584. The van der Waals surface area contributed by atoms with Gasteiger partial charge >= 0.3 is 0 Å². The second-order valence-corrected chi connectivity index (χ2v) is 3.05. The van der Waals surface area contributed by atoms with Crippen LogP contribution in [0.1, 0.15) is 12.8 Å². The van der Waals surface area contributed by atoms with Crippen molar-refractivity contribution in [3.63, 3.8) is 0 Å². The summed E-state index contributed by atoms with van der Waals surface area (Å²) in [6.07, 6.45) is -0.880. The molecule has 6 nitrogen and oxygen atoms in total. The maximum absolute atomic E-state index is 11.2. The average molecular weight is 198 g/mol. The highest BCUT2D eigenvalue weighted by atomic mass is 16.2. The van der Waals surface area contributed by atoms with E-state index < -0.39 is 36.5 Å². The Bertz CT molecular complexity index is 263. The molecule has 1 aliphatic heterocycles. The summed E-state index contributed by atoms with van der Waals surface area (Å²) in [5, 5.41) is 0. The Balaban J connectivity index is 2.93. The van der Waals surface area contributed by atoms with Crippen molar-refractivity contribution in [3.05, 3.63) is 0 Å². The van der Waals surface area contributed by atoms with Crippen LogP contribution in [-0.4, -0.2) is 47.5 Å². The van der Waals surface area contributed by atoms with Gasteiger partial charge in [-0.25, -0.2) is 0 Å². The molecule has 1 aliphatic rings. The first-order valence-corrected chi connectivity index (χ1v) is 4.02. The van der Waals surface area contributed by atoms with E-state index in [0.717, 1.165) is 9.80 Å². The summed E-state index contributed by atoms with van der Waals surface area (Å²) < 4.78 is 0. The summed E-state index contributed by atoms with van der Waals surface area (Å²) >= 11 is 0. The van der Waals surface area contributed by atoms with Crippen LogP contribution in [0.5, 0.6) is 0 Å². The van der Waals surface area contributed by atoms with E-state index in [0.29, 0.717) is 0 Å². The summed E-state index contributed by atoms with van der Waals surface area (Å²) in [5.41, 5.74) is 0. The molecule has 1 saturated heterocycles. The van der Waals surface area contributed by atoms with Gasteiger partial charge in [0.05, 0.1) is 0 Å². The SMILES string of the molecule is CN1C(=O)CC(=O)N(C)C(=O)CC1=O. The summed E-state index contributed by atoms with van der Waals surface area (Å²) in [7, 11) is 2.52. The van der Waals surface area contributed by atoms with Gasteiger partial charge in [-0.15, -0.1) is 0 Å². The van der Waals surface area contributed by atoms with E-state index in [4.69, 9.17) is 0 Å². The number of imide groups is 2. The van der Waals surface area contributed by atoms with Crippen molar-refractivity contribution >= 4 is 23.6 Å². The highest BCUT2D eigenvalue weighted by Crippen LogP contribution is 2.05. The average Bonchev–Trinajstić information content (AvgIpc) is 2.13. The molecule has 6 heteroatoms. The molecule has 0 atom stereocenters. The number of carbonyl (C=O) groups is 4. The molecule has 4 amide bonds. The third kappa shape index (κ3) is 1.78. The van der Waals surface area contributed by atoms with E-state index >= 15 is 0 Å². The smallest absolute Gasteiger partial charge is 0.238 e. The predicted molar refractivity (Wildman–Crippen MR) is 44.8 cm³/mol. The Morgan fingerprint density at radius 2 is 0.929 bits per heavy atom. The van der Waals surface area contributed by atoms with Crippen molar-refractivity contribution in [2.75, 3.05) is 14.1 Å². The largest absolute Gasteiger partial charge is 0.285 e. The molecule has 0 aromatic carbocycles. The Morgan fingerprint density at radius 1 is 0.714 bits per heavy atom. The van der Waals surface area contributed by atoms with Crippen molar-refractivity contribution in [2.45, 2.75) is 12.8 Å². The quantitative estimate of drug-likeness (QED) is 0.360. The predicted octanol–water partition coefficient (Wildman–Crippen LogP) is -1.25. The van der Waals surface area contributed by atoms with E-state index in [9.17, 15) is 19.2 Å². The Kier molecular flexibility index (Phi) is 2.64. The number of carbonyl (C=O) groups excluding carboxylic acids is 4. The molecule has 0 aromatic rings. The van der Waals surface area contributed by atoms with E-state index in [2.05, 4.69) is 0 Å². The molecular formula is C8H10N2O4. The second-order valence-electron chi connectivity index (χ2n) is 3.05. The molecule has 1 rings (SSSR count). The van der Waals surface area contributed by atoms with E-state index in [-0.39, 0.29) is 0 Å². The number of nitrogens with zero attached hydrogens (tertiary/aromatic N) is 2. The lowest BCUT2D eigenvalue weighted by Crippen LogP contribution is -2.45. The fourth-order valence-corrected chi connectivity index (χ4v) is 1.01. The Labute approximate surface area is 80.5 Å². The van der Waals surface area contributed by atoms with Crippen LogP contribution < -0.4 is 0 Å². The maximum atomic E-state index is 11.2. The van der Waals surface area contributed by atoms with Crippen LogP contribution in [0.2, 0.25) is 0 Å². The molecule has 14 heavy (non-hydrogen) atoms. The minimum absolute atomic E-state index is 0.440. The standard InChI is InChI=1S/C8H10N2O4/c1-9-5(11)3-7(13)10(2)8(14)4-6(9)12/h3-4H2,1-2H3. The molecule has 0 spiro atoms. The summed E-state index contributed by atoms with van der Waals surface area (Å²) in [6.45, 7) is 0. The normalized spacial score (nSPS) is 19.9. The lowest BCUT2D eigenvalue weighted by molar-refractivity contribution is -0.153. The van der Waals surface area contributed by atoms with Crippen LogP contribution in [0.3, 0.4) is 0 Å². The molecule has 1 fully saturated rings. The van der Waals surface area contributed by atoms with Crippen LogP contribution in [0, 0.1) is 0 Å². The Hall–Kier alpha value is -1.72. The first kappa shape index (κ1) is 10.4. The van der Waals surface area contributed by atoms with E-state index in [1.165, 1.54) is 14.1 Å². The highest BCUT2D eigenvalue weighted by Gasteiger charge is 2.30. The van der Waals surface area contributed by atoms with Crippen molar-refractivity contribution < 1.29 is 19.2 Å². The molecular weight excluding hydrogens is 188 g/mol. The van der Waals surface area contributed by atoms with Crippen molar-refractivity contribution in [1.29, 1.82) is 0 Å². The van der Waals surface area contributed by atoms with Crippen LogP contribution in [0.15, 0.2) is 0 Å². The molecule has 0 aliphatic carbocycles. The number of hydrogen-bond donors (Lipinski definition) is 0. The molecule has 76 valence electrons. The Morgan fingerprint density at radius 3 is 1.14 bits per heavy atom. The van der Waals surface area contributed by atoms with Crippen LogP contribution >= 0.6 is 0 Å². The molecule has 0 N–H and O–H groups in total. The zero-order valence-corrected chi connectivity index (χ0v) is 7.94. The first-order chi connectivity index (χ1) is 6.43. The third-order valence-corrected chi connectivity index (χ3v) is 2.10. The molecule has 1 heterocycles. The maximum Gasteiger partial charge on any atom is 0.238 e. The van der Waals surface area contributed by atoms with Gasteiger partial charge in [0.25, 0.3) is 0 Å². The van der Waals surface area contributed by atoms with Crippen LogP contribution in [-0.2, 0) is 19.2 Å². The fourth-order valence-electron chi connectivity index (χ4n) is 1.01. The van der Waals surface area contributed by atoms with Crippen LogP contribution in [0.4, 0.5) is 0 Å². The van der Waals surface area contributed by atoms with Crippen molar-refractivity contribution in [2.24, 2.45) is 0 Å². The number of amides is 4. The van der Waals surface area contributed by atoms with Gasteiger partial charge in [0.2, 0.25) is 23.6 Å². The number of rotatable bonds is 0. The van der Waals surface area contributed by atoms with Crippen molar-refractivity contribution in [3.8, 4) is 0 Å². The summed E-state index contributed by atoms with van der Waals surface area (Å²) in [6, 6.07) is 0. The van der Waals surface area contributed by atoms with Gasteiger partial charge in [-0.3, -0.25) is 29.0 Å². The van der Waals surface area contributed by atoms with Crippen molar-refractivity contribution in [1.82, 2.24) is 9.80 Å². The monoisotopic (exact) mass is 198 g/mol. The van der Waals surface area contributed by atoms with E-state index in [1.807, 2.05) is 0 Å². The zero-order valence-electron chi connectivity index (χ0n) is 7.94. The van der Waals surface area contributed by atoms with Gasteiger partial charge in [-0.1, -0.05) is 0 Å². The molecule has 0 aromatic heterocycles. The minimum Gasteiger partial charge on any atom is -0.285 e. The van der Waals surface area contributed by atoms with Crippen LogP contribution in [0.25, 0.3) is 0 Å². The third-order valence-electron chi connectivity index (χ3n) is 2.10. The topological polar surface area (TPSA) is 74.8 Å². The lowest BCUT2D eigenvalue weighted by Gasteiger charge is -2.22. The van der Waals surface area contributed by atoms with E-state index in [1.54, 1.807) is 0 Å². The highest BCUT2D eigenvalue weighted by molar-refractivity contribution is 6.14.